The third kappa shape index (κ3) is 4.65. The van der Waals surface area contributed by atoms with Crippen LogP contribution in [0.3, 0.4) is 0 Å². The van der Waals surface area contributed by atoms with Gasteiger partial charge in [-0.15, -0.1) is 0 Å². The lowest BCUT2D eigenvalue weighted by Gasteiger charge is -2.20. The van der Waals surface area contributed by atoms with E-state index in [0.717, 1.165) is 25.9 Å². The maximum absolute atomic E-state index is 12.2. The number of rotatable bonds is 8. The molecule has 0 fully saturated rings. The molecule has 1 aromatic carbocycles. The van der Waals surface area contributed by atoms with E-state index in [0.29, 0.717) is 36.0 Å². The smallest absolute Gasteiger partial charge is 0.258 e. The maximum Gasteiger partial charge on any atom is 0.258 e. The van der Waals surface area contributed by atoms with Gasteiger partial charge in [0.05, 0.1) is 10.9 Å². The highest BCUT2D eigenvalue weighted by molar-refractivity contribution is 5.77. The third-order valence-corrected chi connectivity index (χ3v) is 3.98. The van der Waals surface area contributed by atoms with Gasteiger partial charge in [0, 0.05) is 25.9 Å². The van der Waals surface area contributed by atoms with Crippen molar-refractivity contribution in [2.24, 2.45) is 0 Å². The van der Waals surface area contributed by atoms with Crippen LogP contribution in [0.15, 0.2) is 29.1 Å². The zero-order valence-electron chi connectivity index (χ0n) is 14.0. The molecular formula is C18H25N3O2. The van der Waals surface area contributed by atoms with Crippen LogP contribution in [0, 0.1) is 0 Å². The molecule has 0 unspecified atom stereocenters. The first-order valence-electron chi connectivity index (χ1n) is 8.41. The molecule has 5 heteroatoms. The summed E-state index contributed by atoms with van der Waals surface area (Å²) in [6.07, 6.45) is 3.93. The van der Waals surface area contributed by atoms with Crippen molar-refractivity contribution in [3.8, 4) is 0 Å². The molecule has 2 rings (SSSR count). The molecule has 1 N–H and O–H groups in total. The van der Waals surface area contributed by atoms with E-state index >= 15 is 0 Å². The molecule has 0 aliphatic rings. The molecule has 23 heavy (non-hydrogen) atoms. The number of H-pyrrole nitrogens is 1. The number of carbonyl (C=O) groups is 1. The lowest BCUT2D eigenvalue weighted by atomic mass is 10.2. The summed E-state index contributed by atoms with van der Waals surface area (Å²) < 4.78 is 0. The number of aromatic nitrogens is 2. The molecule has 0 bridgehead atoms. The zero-order chi connectivity index (χ0) is 16.7. The number of carbonyl (C=O) groups excluding carboxylic acids is 1. The summed E-state index contributed by atoms with van der Waals surface area (Å²) in [6.45, 7) is 5.72. The van der Waals surface area contributed by atoms with Gasteiger partial charge in [-0.3, -0.25) is 9.59 Å². The molecule has 1 aromatic heterocycles. The number of fused-ring (bicyclic) bond motifs is 1. The van der Waals surface area contributed by atoms with Gasteiger partial charge in [0.1, 0.15) is 5.82 Å². The van der Waals surface area contributed by atoms with E-state index in [4.69, 9.17) is 0 Å². The van der Waals surface area contributed by atoms with Crippen molar-refractivity contribution < 1.29 is 4.79 Å². The normalized spacial score (nSPS) is 10.9. The molecule has 0 saturated heterocycles. The Hall–Kier alpha value is -2.17. The van der Waals surface area contributed by atoms with Crippen LogP contribution in [0.25, 0.3) is 10.9 Å². The number of aromatic amines is 1. The summed E-state index contributed by atoms with van der Waals surface area (Å²) in [6, 6.07) is 7.30. The largest absolute Gasteiger partial charge is 0.343 e. The van der Waals surface area contributed by atoms with Gasteiger partial charge in [-0.2, -0.15) is 0 Å². The third-order valence-electron chi connectivity index (χ3n) is 3.98. The van der Waals surface area contributed by atoms with Gasteiger partial charge in [0.15, 0.2) is 0 Å². The van der Waals surface area contributed by atoms with Crippen molar-refractivity contribution in [3.63, 3.8) is 0 Å². The van der Waals surface area contributed by atoms with Gasteiger partial charge < -0.3 is 9.88 Å². The van der Waals surface area contributed by atoms with Gasteiger partial charge in [0.25, 0.3) is 5.56 Å². The minimum absolute atomic E-state index is 0.116. The molecule has 2 aromatic rings. The average molecular weight is 315 g/mol. The molecule has 0 aliphatic heterocycles. The topological polar surface area (TPSA) is 66.1 Å². The summed E-state index contributed by atoms with van der Waals surface area (Å²) in [7, 11) is 0. The Kier molecular flexibility index (Phi) is 6.32. The summed E-state index contributed by atoms with van der Waals surface area (Å²) in [5, 5.41) is 0.601. The summed E-state index contributed by atoms with van der Waals surface area (Å²) >= 11 is 0. The Morgan fingerprint density at radius 1 is 1.22 bits per heavy atom. The Morgan fingerprint density at radius 3 is 2.74 bits per heavy atom. The van der Waals surface area contributed by atoms with E-state index in [2.05, 4.69) is 16.9 Å². The quantitative estimate of drug-likeness (QED) is 0.814. The predicted octanol–water partition coefficient (Wildman–Crippen LogP) is 2.89. The van der Waals surface area contributed by atoms with Crippen LogP contribution >= 0.6 is 0 Å². The molecule has 124 valence electrons. The van der Waals surface area contributed by atoms with E-state index < -0.39 is 0 Å². The molecule has 5 nitrogen and oxygen atoms in total. The Bertz CT molecular complexity index is 709. The Morgan fingerprint density at radius 2 is 2.00 bits per heavy atom. The van der Waals surface area contributed by atoms with Crippen molar-refractivity contribution in [1.82, 2.24) is 14.9 Å². The van der Waals surface area contributed by atoms with Gasteiger partial charge in [-0.25, -0.2) is 4.98 Å². The molecule has 0 radical (unpaired) electrons. The zero-order valence-corrected chi connectivity index (χ0v) is 14.0. The van der Waals surface area contributed by atoms with Crippen LogP contribution in [-0.2, 0) is 11.2 Å². The number of nitrogens with one attached hydrogen (secondary N) is 1. The number of unbranched alkanes of at least 4 members (excludes halogenated alkanes) is 1. The number of amides is 1. The average Bonchev–Trinajstić information content (AvgIpc) is 2.55. The summed E-state index contributed by atoms with van der Waals surface area (Å²) in [5.41, 5.74) is 0.589. The molecule has 0 spiro atoms. The second-order valence-corrected chi connectivity index (χ2v) is 5.71. The second-order valence-electron chi connectivity index (χ2n) is 5.71. The highest BCUT2D eigenvalue weighted by Crippen LogP contribution is 2.08. The maximum atomic E-state index is 12.2. The first-order valence-corrected chi connectivity index (χ1v) is 8.41. The first-order chi connectivity index (χ1) is 11.2. The lowest BCUT2D eigenvalue weighted by molar-refractivity contribution is -0.131. The van der Waals surface area contributed by atoms with Crippen molar-refractivity contribution in [2.75, 3.05) is 13.1 Å². The number of hydrogen-bond acceptors (Lipinski definition) is 3. The number of nitrogens with zero attached hydrogens (tertiary/aromatic N) is 2. The number of benzene rings is 1. The number of hydrogen-bond donors (Lipinski definition) is 1. The van der Waals surface area contributed by atoms with Crippen LogP contribution in [0.1, 0.15) is 45.4 Å². The van der Waals surface area contributed by atoms with Crippen LogP contribution in [0.4, 0.5) is 0 Å². The van der Waals surface area contributed by atoms with Crippen LogP contribution in [-0.4, -0.2) is 33.9 Å². The number of aryl methyl sites for hydroxylation is 1. The fourth-order valence-electron chi connectivity index (χ4n) is 2.63. The van der Waals surface area contributed by atoms with Gasteiger partial charge >= 0.3 is 0 Å². The Labute approximate surface area is 136 Å². The standard InChI is InChI=1S/C18H25N3O2/c1-3-5-13-21(4-2)17(22)12-8-11-16-19-15-10-7-6-9-14(15)18(23)20-16/h6-7,9-10H,3-5,8,11-13H2,1-2H3,(H,19,20,23). The lowest BCUT2D eigenvalue weighted by Crippen LogP contribution is -2.31. The van der Waals surface area contributed by atoms with Crippen LogP contribution in [0.2, 0.25) is 0 Å². The van der Waals surface area contributed by atoms with Crippen LogP contribution in [0.5, 0.6) is 0 Å². The van der Waals surface area contributed by atoms with Gasteiger partial charge in [0.2, 0.25) is 5.91 Å². The molecule has 0 atom stereocenters. The summed E-state index contributed by atoms with van der Waals surface area (Å²) in [5.74, 6) is 0.835. The van der Waals surface area contributed by atoms with Gasteiger partial charge in [-0.05, 0) is 31.9 Å². The van der Waals surface area contributed by atoms with E-state index in [1.807, 2.05) is 30.0 Å². The molecule has 1 amide bonds. The van der Waals surface area contributed by atoms with Crippen molar-refractivity contribution in [1.29, 1.82) is 0 Å². The monoisotopic (exact) mass is 315 g/mol. The first kappa shape index (κ1) is 17.2. The summed E-state index contributed by atoms with van der Waals surface area (Å²) in [4.78, 5) is 33.4. The molecule has 0 aliphatic carbocycles. The minimum Gasteiger partial charge on any atom is -0.343 e. The van der Waals surface area contributed by atoms with Crippen molar-refractivity contribution in [2.45, 2.75) is 46.0 Å². The van der Waals surface area contributed by atoms with Crippen LogP contribution < -0.4 is 5.56 Å². The second kappa shape index (κ2) is 8.46. The molecule has 1 heterocycles. The fourth-order valence-corrected chi connectivity index (χ4v) is 2.63. The van der Waals surface area contributed by atoms with E-state index in [1.165, 1.54) is 0 Å². The Balaban J connectivity index is 1.93. The van der Waals surface area contributed by atoms with E-state index in [1.54, 1.807) is 6.07 Å². The highest BCUT2D eigenvalue weighted by Gasteiger charge is 2.11. The van der Waals surface area contributed by atoms with E-state index in [-0.39, 0.29) is 11.5 Å². The van der Waals surface area contributed by atoms with Gasteiger partial charge in [-0.1, -0.05) is 25.5 Å². The SMILES string of the molecule is CCCCN(CC)C(=O)CCCc1nc2ccccc2c(=O)[nH]1. The van der Waals surface area contributed by atoms with E-state index in [9.17, 15) is 9.59 Å². The van der Waals surface area contributed by atoms with Crippen molar-refractivity contribution in [3.05, 3.63) is 40.4 Å². The predicted molar refractivity (Wildman–Crippen MR) is 92.5 cm³/mol. The molecular weight excluding hydrogens is 290 g/mol. The fraction of sp³-hybridized carbons (Fsp3) is 0.500. The molecule has 0 saturated carbocycles. The highest BCUT2D eigenvalue weighted by atomic mass is 16.2. The minimum atomic E-state index is -0.116. The van der Waals surface area contributed by atoms with Crippen molar-refractivity contribution >= 4 is 16.8 Å². The number of para-hydroxylation sites is 1.